The molecule has 0 radical (unpaired) electrons. The standard InChI is InChI=1S/C14H21N3O2.ClH/c1-4-9(2)12(14(18)19)17(3)11-7-5-6-10(8-11)13(15)16;/h5-9,12H,4H2,1-3H3,(H3,15,16)(H,18,19);1H/t9-,12-;/m0./s1. The van der Waals surface area contributed by atoms with Gasteiger partial charge in [0.2, 0.25) is 0 Å². The van der Waals surface area contributed by atoms with Gasteiger partial charge in [-0.3, -0.25) is 5.41 Å². The largest absolute Gasteiger partial charge is 0.480 e. The van der Waals surface area contributed by atoms with Gasteiger partial charge in [-0.1, -0.05) is 32.4 Å². The summed E-state index contributed by atoms with van der Waals surface area (Å²) in [4.78, 5) is 13.1. The van der Waals surface area contributed by atoms with E-state index < -0.39 is 12.0 Å². The second-order valence-corrected chi connectivity index (χ2v) is 4.74. The van der Waals surface area contributed by atoms with E-state index in [0.717, 1.165) is 12.1 Å². The smallest absolute Gasteiger partial charge is 0.326 e. The predicted octanol–water partition coefficient (Wildman–Crippen LogP) is 2.33. The number of rotatable bonds is 6. The van der Waals surface area contributed by atoms with E-state index in [1.807, 2.05) is 19.9 Å². The molecule has 4 N–H and O–H groups in total. The topological polar surface area (TPSA) is 90.4 Å². The summed E-state index contributed by atoms with van der Waals surface area (Å²) < 4.78 is 0. The average Bonchev–Trinajstić information content (AvgIpc) is 2.38. The summed E-state index contributed by atoms with van der Waals surface area (Å²) in [6.45, 7) is 3.89. The molecule has 1 aromatic rings. The van der Waals surface area contributed by atoms with Crippen molar-refractivity contribution < 1.29 is 9.90 Å². The highest BCUT2D eigenvalue weighted by Gasteiger charge is 2.28. The molecule has 0 aromatic heterocycles. The molecule has 0 amide bonds. The first-order chi connectivity index (χ1) is 8.88. The monoisotopic (exact) mass is 299 g/mol. The van der Waals surface area contributed by atoms with E-state index in [9.17, 15) is 9.90 Å². The first-order valence-corrected chi connectivity index (χ1v) is 6.28. The third-order valence-electron chi connectivity index (χ3n) is 3.42. The minimum atomic E-state index is -0.843. The first kappa shape index (κ1) is 18.2. The van der Waals surface area contributed by atoms with Crippen LogP contribution in [0.4, 0.5) is 5.69 Å². The van der Waals surface area contributed by atoms with Gasteiger partial charge in [0.05, 0.1) is 0 Å². The molecule has 0 bridgehead atoms. The lowest BCUT2D eigenvalue weighted by molar-refractivity contribution is -0.139. The number of nitrogen functional groups attached to an aromatic ring is 1. The number of hydrogen-bond acceptors (Lipinski definition) is 3. The van der Waals surface area contributed by atoms with Gasteiger partial charge in [-0.2, -0.15) is 0 Å². The minimum Gasteiger partial charge on any atom is -0.480 e. The molecule has 112 valence electrons. The molecule has 0 spiro atoms. The van der Waals surface area contributed by atoms with Gasteiger partial charge in [0.15, 0.2) is 0 Å². The van der Waals surface area contributed by atoms with Crippen molar-refractivity contribution >= 4 is 29.9 Å². The normalized spacial score (nSPS) is 12.9. The summed E-state index contributed by atoms with van der Waals surface area (Å²) >= 11 is 0. The number of benzene rings is 1. The number of amidine groups is 1. The third-order valence-corrected chi connectivity index (χ3v) is 3.42. The van der Waals surface area contributed by atoms with Crippen LogP contribution in [-0.4, -0.2) is 30.0 Å². The summed E-state index contributed by atoms with van der Waals surface area (Å²) in [5.74, 6) is -0.834. The number of anilines is 1. The van der Waals surface area contributed by atoms with Crippen molar-refractivity contribution in [2.75, 3.05) is 11.9 Å². The minimum absolute atomic E-state index is 0. The van der Waals surface area contributed by atoms with Crippen molar-refractivity contribution in [3.63, 3.8) is 0 Å². The van der Waals surface area contributed by atoms with Crippen LogP contribution in [0.1, 0.15) is 25.8 Å². The average molecular weight is 300 g/mol. The Kier molecular flexibility index (Phi) is 7.07. The molecule has 0 aliphatic carbocycles. The molecular formula is C14H22ClN3O2. The Hall–Kier alpha value is -1.75. The fourth-order valence-electron chi connectivity index (χ4n) is 2.07. The SMILES string of the molecule is CC[C@H](C)[C@@H](C(=O)O)N(C)c1cccc(C(=N)N)c1.Cl. The lowest BCUT2D eigenvalue weighted by atomic mass is 9.97. The number of nitrogens with one attached hydrogen (secondary N) is 1. The number of carbonyl (C=O) groups is 1. The van der Waals surface area contributed by atoms with Gasteiger partial charge >= 0.3 is 5.97 Å². The molecular weight excluding hydrogens is 278 g/mol. The van der Waals surface area contributed by atoms with Gasteiger partial charge in [0, 0.05) is 18.3 Å². The summed E-state index contributed by atoms with van der Waals surface area (Å²) in [5, 5.41) is 16.8. The van der Waals surface area contributed by atoms with Crippen molar-refractivity contribution in [1.29, 1.82) is 5.41 Å². The molecule has 0 saturated heterocycles. The molecule has 1 rings (SSSR count). The maximum absolute atomic E-state index is 11.4. The van der Waals surface area contributed by atoms with Crippen LogP contribution < -0.4 is 10.6 Å². The van der Waals surface area contributed by atoms with Crippen LogP contribution in [0.25, 0.3) is 0 Å². The zero-order valence-electron chi connectivity index (χ0n) is 12.0. The van der Waals surface area contributed by atoms with Crippen LogP contribution in [0.15, 0.2) is 24.3 Å². The van der Waals surface area contributed by atoms with E-state index in [0.29, 0.717) is 5.56 Å². The Morgan fingerprint density at radius 3 is 2.55 bits per heavy atom. The summed E-state index contributed by atoms with van der Waals surface area (Å²) in [6.07, 6.45) is 0.785. The lowest BCUT2D eigenvalue weighted by Gasteiger charge is -2.31. The highest BCUT2D eigenvalue weighted by atomic mass is 35.5. The molecule has 0 saturated carbocycles. The van der Waals surface area contributed by atoms with Gasteiger partial charge < -0.3 is 15.7 Å². The van der Waals surface area contributed by atoms with E-state index in [1.54, 1.807) is 30.1 Å². The second kappa shape index (κ2) is 7.75. The van der Waals surface area contributed by atoms with Crippen LogP contribution >= 0.6 is 12.4 Å². The van der Waals surface area contributed by atoms with Crippen LogP contribution in [0.2, 0.25) is 0 Å². The fourth-order valence-corrected chi connectivity index (χ4v) is 2.07. The van der Waals surface area contributed by atoms with E-state index >= 15 is 0 Å². The summed E-state index contributed by atoms with van der Waals surface area (Å²) in [6, 6.07) is 6.48. The number of nitrogens with zero attached hydrogens (tertiary/aromatic N) is 1. The lowest BCUT2D eigenvalue weighted by Crippen LogP contribution is -2.43. The molecule has 2 atom stereocenters. The molecule has 0 unspecified atom stereocenters. The molecule has 6 heteroatoms. The van der Waals surface area contributed by atoms with Gasteiger partial charge in [-0.05, 0) is 18.1 Å². The van der Waals surface area contributed by atoms with Gasteiger partial charge in [0.25, 0.3) is 0 Å². The van der Waals surface area contributed by atoms with Crippen molar-refractivity contribution in [3.05, 3.63) is 29.8 Å². The van der Waals surface area contributed by atoms with Crippen LogP contribution in [0.3, 0.4) is 0 Å². The zero-order valence-corrected chi connectivity index (χ0v) is 12.8. The Labute approximate surface area is 125 Å². The van der Waals surface area contributed by atoms with E-state index in [2.05, 4.69) is 0 Å². The number of likely N-dealkylation sites (N-methyl/N-ethyl adjacent to an activating group) is 1. The highest BCUT2D eigenvalue weighted by molar-refractivity contribution is 5.96. The molecule has 5 nitrogen and oxygen atoms in total. The Balaban J connectivity index is 0.00000361. The molecule has 0 heterocycles. The predicted molar refractivity (Wildman–Crippen MR) is 84.0 cm³/mol. The van der Waals surface area contributed by atoms with Crippen LogP contribution in [-0.2, 0) is 4.79 Å². The number of hydrogen-bond donors (Lipinski definition) is 3. The Morgan fingerprint density at radius 2 is 2.10 bits per heavy atom. The third kappa shape index (κ3) is 4.13. The van der Waals surface area contributed by atoms with Crippen LogP contribution in [0.5, 0.6) is 0 Å². The molecule has 0 aliphatic heterocycles. The second-order valence-electron chi connectivity index (χ2n) is 4.74. The van der Waals surface area contributed by atoms with E-state index in [-0.39, 0.29) is 24.2 Å². The Morgan fingerprint density at radius 1 is 1.50 bits per heavy atom. The number of halogens is 1. The summed E-state index contributed by atoms with van der Waals surface area (Å²) in [5.41, 5.74) is 6.80. The van der Waals surface area contributed by atoms with Crippen molar-refractivity contribution in [2.45, 2.75) is 26.3 Å². The highest BCUT2D eigenvalue weighted by Crippen LogP contribution is 2.22. The van der Waals surface area contributed by atoms with E-state index in [1.165, 1.54) is 0 Å². The van der Waals surface area contributed by atoms with Crippen molar-refractivity contribution in [3.8, 4) is 0 Å². The van der Waals surface area contributed by atoms with Gasteiger partial charge in [-0.25, -0.2) is 4.79 Å². The van der Waals surface area contributed by atoms with E-state index in [4.69, 9.17) is 11.1 Å². The number of aliphatic carboxylic acids is 1. The quantitative estimate of drug-likeness (QED) is 0.555. The van der Waals surface area contributed by atoms with Crippen molar-refractivity contribution in [2.24, 2.45) is 11.7 Å². The maximum atomic E-state index is 11.4. The Bertz CT molecular complexity index is 479. The molecule has 1 aromatic carbocycles. The zero-order chi connectivity index (χ0) is 14.6. The fraction of sp³-hybridized carbons (Fsp3) is 0.429. The number of nitrogens with two attached hydrogens (primary N) is 1. The maximum Gasteiger partial charge on any atom is 0.326 e. The summed E-state index contributed by atoms with van der Waals surface area (Å²) in [7, 11) is 1.75. The number of carboxylic acid groups (broad SMARTS) is 1. The van der Waals surface area contributed by atoms with Crippen molar-refractivity contribution in [1.82, 2.24) is 0 Å². The van der Waals surface area contributed by atoms with Crippen LogP contribution in [0, 0.1) is 11.3 Å². The number of carboxylic acids is 1. The first-order valence-electron chi connectivity index (χ1n) is 6.28. The van der Waals surface area contributed by atoms with Gasteiger partial charge in [-0.15, -0.1) is 12.4 Å². The van der Waals surface area contributed by atoms with Gasteiger partial charge in [0.1, 0.15) is 11.9 Å². The molecule has 0 fully saturated rings. The molecule has 20 heavy (non-hydrogen) atoms. The molecule has 0 aliphatic rings.